The summed E-state index contributed by atoms with van der Waals surface area (Å²) in [6.07, 6.45) is 11.6. The van der Waals surface area contributed by atoms with Gasteiger partial charge in [0.2, 0.25) is 0 Å². The van der Waals surface area contributed by atoms with Gasteiger partial charge < -0.3 is 5.32 Å². The Labute approximate surface area is 87.9 Å². The topological polar surface area (TPSA) is 12.0 Å². The first-order valence-corrected chi connectivity index (χ1v) is 5.09. The third-order valence-electron chi connectivity index (χ3n) is 2.03. The second-order valence-corrected chi connectivity index (χ2v) is 3.45. The number of hydrogen-bond acceptors (Lipinski definition) is 1. The zero-order chi connectivity index (χ0) is 10.8. The van der Waals surface area contributed by atoms with E-state index in [1.165, 1.54) is 6.42 Å². The molecule has 0 saturated heterocycles. The van der Waals surface area contributed by atoms with E-state index in [9.17, 15) is 0 Å². The number of allylic oxidation sites excluding steroid dienone is 5. The predicted molar refractivity (Wildman–Crippen MR) is 64.8 cm³/mol. The molecule has 78 valence electrons. The summed E-state index contributed by atoms with van der Waals surface area (Å²) in [5, 5.41) is 3.15. The van der Waals surface area contributed by atoms with Crippen LogP contribution in [0.2, 0.25) is 0 Å². The lowest BCUT2D eigenvalue weighted by Gasteiger charge is -2.10. The maximum atomic E-state index is 3.95. The van der Waals surface area contributed by atoms with Crippen LogP contribution in [-0.2, 0) is 0 Å². The highest BCUT2D eigenvalue weighted by molar-refractivity contribution is 5.10. The van der Waals surface area contributed by atoms with E-state index in [4.69, 9.17) is 0 Å². The Kier molecular flexibility index (Phi) is 7.62. The predicted octanol–water partition coefficient (Wildman–Crippen LogP) is 3.78. The Morgan fingerprint density at radius 3 is 2.64 bits per heavy atom. The zero-order valence-corrected chi connectivity index (χ0v) is 9.29. The van der Waals surface area contributed by atoms with Gasteiger partial charge in [-0.1, -0.05) is 51.7 Å². The van der Waals surface area contributed by atoms with Crippen molar-refractivity contribution < 1.29 is 0 Å². The van der Waals surface area contributed by atoms with Crippen LogP contribution >= 0.6 is 0 Å². The minimum atomic E-state index is 0.701. The molecule has 0 aliphatic carbocycles. The Hall–Kier alpha value is -1.24. The van der Waals surface area contributed by atoms with Crippen LogP contribution in [0.25, 0.3) is 0 Å². The third-order valence-corrected chi connectivity index (χ3v) is 2.03. The molecule has 0 bridgehead atoms. The quantitative estimate of drug-likeness (QED) is 0.604. The molecule has 0 fully saturated rings. The molecule has 0 heterocycles. The first kappa shape index (κ1) is 12.8. The van der Waals surface area contributed by atoms with Crippen molar-refractivity contribution in [2.45, 2.75) is 26.7 Å². The van der Waals surface area contributed by atoms with E-state index in [0.29, 0.717) is 5.92 Å². The first-order chi connectivity index (χ1) is 6.70. The van der Waals surface area contributed by atoms with E-state index in [1.54, 1.807) is 6.08 Å². The monoisotopic (exact) mass is 191 g/mol. The van der Waals surface area contributed by atoms with Crippen molar-refractivity contribution in [1.29, 1.82) is 0 Å². The lowest BCUT2D eigenvalue weighted by atomic mass is 10.0. The second kappa shape index (κ2) is 8.36. The van der Waals surface area contributed by atoms with Gasteiger partial charge >= 0.3 is 0 Å². The molecule has 14 heavy (non-hydrogen) atoms. The largest absolute Gasteiger partial charge is 0.365 e. The zero-order valence-electron chi connectivity index (χ0n) is 9.29. The minimum Gasteiger partial charge on any atom is -0.365 e. The third kappa shape index (κ3) is 7.41. The minimum absolute atomic E-state index is 0.701. The van der Waals surface area contributed by atoms with Gasteiger partial charge in [0.05, 0.1) is 0 Å². The van der Waals surface area contributed by atoms with Crippen molar-refractivity contribution in [2.75, 3.05) is 0 Å². The fraction of sp³-hybridized carbons (Fsp3) is 0.385. The highest BCUT2D eigenvalue weighted by atomic mass is 14.8. The summed E-state index contributed by atoms with van der Waals surface area (Å²) >= 11 is 0. The molecular weight excluding hydrogens is 170 g/mol. The normalized spacial score (nSPS) is 13.3. The average Bonchev–Trinajstić information content (AvgIpc) is 2.17. The molecule has 0 aromatic heterocycles. The summed E-state index contributed by atoms with van der Waals surface area (Å²) in [6.45, 7) is 12.0. The Morgan fingerprint density at radius 2 is 2.07 bits per heavy atom. The van der Waals surface area contributed by atoms with Crippen molar-refractivity contribution in [2.24, 2.45) is 5.92 Å². The van der Waals surface area contributed by atoms with Gasteiger partial charge in [0, 0.05) is 11.9 Å². The number of rotatable bonds is 7. The fourth-order valence-corrected chi connectivity index (χ4v) is 0.988. The summed E-state index contributed by atoms with van der Waals surface area (Å²) in [5.74, 6) is 0.701. The summed E-state index contributed by atoms with van der Waals surface area (Å²) in [6, 6.07) is 0. The molecule has 1 atom stereocenters. The van der Waals surface area contributed by atoms with Crippen LogP contribution in [0, 0.1) is 5.92 Å². The summed E-state index contributed by atoms with van der Waals surface area (Å²) < 4.78 is 0. The van der Waals surface area contributed by atoms with Gasteiger partial charge in [0.25, 0.3) is 0 Å². The van der Waals surface area contributed by atoms with E-state index >= 15 is 0 Å². The van der Waals surface area contributed by atoms with E-state index in [-0.39, 0.29) is 0 Å². The Morgan fingerprint density at radius 1 is 1.36 bits per heavy atom. The van der Waals surface area contributed by atoms with Crippen molar-refractivity contribution in [3.05, 3.63) is 49.4 Å². The Balaban J connectivity index is 3.68. The second-order valence-electron chi connectivity index (χ2n) is 3.45. The highest BCUT2D eigenvalue weighted by Crippen LogP contribution is 2.10. The van der Waals surface area contributed by atoms with Crippen LogP contribution in [0.15, 0.2) is 49.4 Å². The van der Waals surface area contributed by atoms with Crippen molar-refractivity contribution >= 4 is 0 Å². The van der Waals surface area contributed by atoms with Crippen LogP contribution in [0.1, 0.15) is 26.7 Å². The van der Waals surface area contributed by atoms with Crippen LogP contribution in [-0.4, -0.2) is 0 Å². The Bertz CT molecular complexity index is 223. The van der Waals surface area contributed by atoms with E-state index < -0.39 is 0 Å². The molecule has 0 aliphatic heterocycles. The molecule has 0 aliphatic rings. The highest BCUT2D eigenvalue weighted by Gasteiger charge is 1.99. The lowest BCUT2D eigenvalue weighted by Crippen LogP contribution is -2.06. The van der Waals surface area contributed by atoms with Crippen LogP contribution in [0.3, 0.4) is 0 Å². The fourth-order valence-electron chi connectivity index (χ4n) is 0.988. The molecule has 0 amide bonds. The molecule has 1 N–H and O–H groups in total. The summed E-state index contributed by atoms with van der Waals surface area (Å²) in [4.78, 5) is 0. The van der Waals surface area contributed by atoms with Crippen LogP contribution in [0.5, 0.6) is 0 Å². The van der Waals surface area contributed by atoms with Gasteiger partial charge in [-0.3, -0.25) is 0 Å². The van der Waals surface area contributed by atoms with Crippen molar-refractivity contribution in [1.82, 2.24) is 5.32 Å². The molecular formula is C13H21N. The van der Waals surface area contributed by atoms with Gasteiger partial charge in [-0.25, -0.2) is 0 Å². The molecule has 0 saturated carbocycles. The average molecular weight is 191 g/mol. The van der Waals surface area contributed by atoms with Gasteiger partial charge in [-0.2, -0.15) is 0 Å². The van der Waals surface area contributed by atoms with Crippen molar-refractivity contribution in [3.8, 4) is 0 Å². The standard InChI is InChI=1S/C13H21N/c1-5-7-8-9-10-14-13(4)11-12(3)6-2/h5,7-10,12,14H,1,4,6,11H2,2-3H3/b8-7-,10-9-. The van der Waals surface area contributed by atoms with E-state index in [0.717, 1.165) is 12.1 Å². The van der Waals surface area contributed by atoms with Gasteiger partial charge in [-0.15, -0.1) is 0 Å². The smallest absolute Gasteiger partial charge is 0.00760 e. The lowest BCUT2D eigenvalue weighted by molar-refractivity contribution is 0.547. The van der Waals surface area contributed by atoms with Crippen molar-refractivity contribution in [3.63, 3.8) is 0 Å². The van der Waals surface area contributed by atoms with E-state index in [2.05, 4.69) is 32.3 Å². The van der Waals surface area contributed by atoms with Gasteiger partial charge in [0.1, 0.15) is 0 Å². The summed E-state index contributed by atoms with van der Waals surface area (Å²) in [7, 11) is 0. The van der Waals surface area contributed by atoms with E-state index in [1.807, 2.05) is 24.4 Å². The molecule has 1 unspecified atom stereocenters. The SMILES string of the molecule is C=C/C=C\C=C/NC(=C)CC(C)CC. The first-order valence-electron chi connectivity index (χ1n) is 5.09. The van der Waals surface area contributed by atoms with Crippen LogP contribution < -0.4 is 5.32 Å². The van der Waals surface area contributed by atoms with Gasteiger partial charge in [0.15, 0.2) is 0 Å². The maximum absolute atomic E-state index is 3.95. The molecule has 1 heteroatoms. The molecule has 0 spiro atoms. The molecule has 0 rings (SSSR count). The number of nitrogens with one attached hydrogen (secondary N) is 1. The molecule has 0 aromatic rings. The summed E-state index contributed by atoms with van der Waals surface area (Å²) in [5.41, 5.74) is 1.07. The molecule has 1 nitrogen and oxygen atoms in total. The maximum Gasteiger partial charge on any atom is 0.00760 e. The molecule has 0 radical (unpaired) electrons. The van der Waals surface area contributed by atoms with Gasteiger partial charge in [-0.05, 0) is 18.4 Å². The van der Waals surface area contributed by atoms with Crippen LogP contribution in [0.4, 0.5) is 0 Å². The molecule has 0 aromatic carbocycles. The number of hydrogen-bond donors (Lipinski definition) is 1.